The van der Waals surface area contributed by atoms with Crippen LogP contribution in [0.4, 0.5) is 5.69 Å². The molecule has 174 valence electrons. The second-order valence-corrected chi connectivity index (χ2v) is 9.52. The predicted molar refractivity (Wildman–Crippen MR) is 130 cm³/mol. The maximum absolute atomic E-state index is 12.4. The third-order valence-electron chi connectivity index (χ3n) is 4.76. The molecule has 9 heteroatoms. The van der Waals surface area contributed by atoms with Crippen LogP contribution < -0.4 is 19.1 Å². The summed E-state index contributed by atoms with van der Waals surface area (Å²) in [5.74, 6) is 1.10. The molecule has 33 heavy (non-hydrogen) atoms. The number of anilines is 1. The summed E-state index contributed by atoms with van der Waals surface area (Å²) >= 11 is 6.20. The topological polar surface area (TPSA) is 84.9 Å². The molecule has 1 amide bonds. The normalized spacial score (nSPS) is 11.0. The van der Waals surface area contributed by atoms with E-state index in [0.29, 0.717) is 40.9 Å². The molecule has 0 bridgehead atoms. The number of carbonyl (C=O) groups excluding carboxylic acids is 1. The molecule has 3 rings (SSSR count). The predicted octanol–water partition coefficient (Wildman–Crippen LogP) is 4.12. The first-order chi connectivity index (χ1) is 15.8. The van der Waals surface area contributed by atoms with Gasteiger partial charge in [-0.25, -0.2) is 8.42 Å². The number of nitrogens with zero attached hydrogens (tertiary/aromatic N) is 1. The molecule has 0 spiro atoms. The van der Waals surface area contributed by atoms with Crippen LogP contribution in [0.2, 0.25) is 5.02 Å². The van der Waals surface area contributed by atoms with Crippen LogP contribution in [0.3, 0.4) is 0 Å². The SMILES string of the molecule is COc1cccc(OCCNC(=O)c2ccc(CN(c3ccccc3Cl)S(C)(=O)=O)cc2)c1. The highest BCUT2D eigenvalue weighted by Crippen LogP contribution is 2.28. The fraction of sp³-hybridized carbons (Fsp3) is 0.208. The fourth-order valence-corrected chi connectivity index (χ4v) is 4.28. The summed E-state index contributed by atoms with van der Waals surface area (Å²) in [6.07, 6.45) is 1.13. The zero-order chi connectivity index (χ0) is 23.8. The van der Waals surface area contributed by atoms with Gasteiger partial charge in [0.25, 0.3) is 5.91 Å². The van der Waals surface area contributed by atoms with Gasteiger partial charge in [0.15, 0.2) is 0 Å². The molecule has 3 aromatic rings. The lowest BCUT2D eigenvalue weighted by Crippen LogP contribution is -2.30. The highest BCUT2D eigenvalue weighted by atomic mass is 35.5. The van der Waals surface area contributed by atoms with Crippen molar-refractivity contribution in [2.75, 3.05) is 30.8 Å². The summed E-state index contributed by atoms with van der Waals surface area (Å²) in [6.45, 7) is 0.725. The van der Waals surface area contributed by atoms with E-state index >= 15 is 0 Å². The fourth-order valence-electron chi connectivity index (χ4n) is 3.09. The first-order valence-electron chi connectivity index (χ1n) is 10.1. The van der Waals surface area contributed by atoms with Crippen molar-refractivity contribution in [2.24, 2.45) is 0 Å². The van der Waals surface area contributed by atoms with Crippen molar-refractivity contribution >= 4 is 33.2 Å². The Balaban J connectivity index is 1.57. The van der Waals surface area contributed by atoms with Crippen molar-refractivity contribution in [1.29, 1.82) is 0 Å². The Hall–Kier alpha value is -3.23. The zero-order valence-corrected chi connectivity index (χ0v) is 19.9. The minimum Gasteiger partial charge on any atom is -0.497 e. The van der Waals surface area contributed by atoms with E-state index < -0.39 is 10.0 Å². The Labute approximate surface area is 198 Å². The van der Waals surface area contributed by atoms with Crippen molar-refractivity contribution in [1.82, 2.24) is 5.32 Å². The maximum Gasteiger partial charge on any atom is 0.251 e. The molecule has 0 atom stereocenters. The number of ether oxygens (including phenoxy) is 2. The smallest absolute Gasteiger partial charge is 0.251 e. The van der Waals surface area contributed by atoms with Crippen molar-refractivity contribution in [2.45, 2.75) is 6.54 Å². The van der Waals surface area contributed by atoms with E-state index in [1.54, 1.807) is 61.7 Å². The van der Waals surface area contributed by atoms with Gasteiger partial charge in [0, 0.05) is 11.6 Å². The third-order valence-corrected chi connectivity index (χ3v) is 6.21. The number of carbonyl (C=O) groups is 1. The highest BCUT2D eigenvalue weighted by molar-refractivity contribution is 7.92. The minimum absolute atomic E-state index is 0.0961. The summed E-state index contributed by atoms with van der Waals surface area (Å²) in [7, 11) is -1.98. The average Bonchev–Trinajstić information content (AvgIpc) is 2.80. The lowest BCUT2D eigenvalue weighted by molar-refractivity contribution is 0.0947. The highest BCUT2D eigenvalue weighted by Gasteiger charge is 2.20. The van der Waals surface area contributed by atoms with E-state index in [0.717, 1.165) is 11.8 Å². The van der Waals surface area contributed by atoms with Crippen LogP contribution in [0.25, 0.3) is 0 Å². The minimum atomic E-state index is -3.56. The molecule has 0 aliphatic heterocycles. The first-order valence-corrected chi connectivity index (χ1v) is 12.4. The molecule has 3 aromatic carbocycles. The van der Waals surface area contributed by atoms with Crippen LogP contribution in [0.1, 0.15) is 15.9 Å². The molecule has 0 radical (unpaired) electrons. The van der Waals surface area contributed by atoms with E-state index in [1.807, 2.05) is 18.2 Å². The Morgan fingerprint density at radius 2 is 1.70 bits per heavy atom. The van der Waals surface area contributed by atoms with Gasteiger partial charge < -0.3 is 14.8 Å². The van der Waals surface area contributed by atoms with Crippen LogP contribution in [0.15, 0.2) is 72.8 Å². The summed E-state index contributed by atoms with van der Waals surface area (Å²) < 4.78 is 36.7. The van der Waals surface area contributed by atoms with Gasteiger partial charge in [0.05, 0.1) is 37.2 Å². The Morgan fingerprint density at radius 3 is 2.36 bits per heavy atom. The lowest BCUT2D eigenvalue weighted by atomic mass is 10.1. The number of methoxy groups -OCH3 is 1. The van der Waals surface area contributed by atoms with Gasteiger partial charge in [-0.05, 0) is 42.0 Å². The molecular weight excluding hydrogens is 464 g/mol. The molecule has 0 aliphatic carbocycles. The van der Waals surface area contributed by atoms with Crippen LogP contribution in [-0.4, -0.2) is 40.8 Å². The van der Waals surface area contributed by atoms with Crippen molar-refractivity contribution < 1.29 is 22.7 Å². The van der Waals surface area contributed by atoms with Crippen LogP contribution in [-0.2, 0) is 16.6 Å². The van der Waals surface area contributed by atoms with Crippen LogP contribution in [0.5, 0.6) is 11.5 Å². The van der Waals surface area contributed by atoms with Gasteiger partial charge in [-0.2, -0.15) is 0 Å². The molecule has 0 saturated carbocycles. The van der Waals surface area contributed by atoms with Gasteiger partial charge in [0.1, 0.15) is 18.1 Å². The summed E-state index contributed by atoms with van der Waals surface area (Å²) in [4.78, 5) is 12.4. The largest absolute Gasteiger partial charge is 0.497 e. The average molecular weight is 489 g/mol. The van der Waals surface area contributed by atoms with Crippen LogP contribution in [0, 0.1) is 0 Å². The zero-order valence-electron chi connectivity index (χ0n) is 18.3. The number of hydrogen-bond donors (Lipinski definition) is 1. The van der Waals surface area contributed by atoms with Gasteiger partial charge >= 0.3 is 0 Å². The first kappa shape index (κ1) is 24.4. The molecule has 0 aliphatic rings. The molecule has 0 saturated heterocycles. The van der Waals surface area contributed by atoms with Gasteiger partial charge in [-0.3, -0.25) is 9.10 Å². The molecule has 1 N–H and O–H groups in total. The Morgan fingerprint density at radius 1 is 1.00 bits per heavy atom. The van der Waals surface area contributed by atoms with E-state index in [9.17, 15) is 13.2 Å². The monoisotopic (exact) mass is 488 g/mol. The second kappa shape index (κ2) is 11.1. The maximum atomic E-state index is 12.4. The van der Waals surface area contributed by atoms with Crippen molar-refractivity contribution in [3.8, 4) is 11.5 Å². The number of halogens is 1. The van der Waals surface area contributed by atoms with Crippen LogP contribution >= 0.6 is 11.6 Å². The number of nitrogens with one attached hydrogen (secondary N) is 1. The number of sulfonamides is 1. The lowest BCUT2D eigenvalue weighted by Gasteiger charge is -2.23. The second-order valence-electron chi connectivity index (χ2n) is 7.20. The summed E-state index contributed by atoms with van der Waals surface area (Å²) in [5, 5.41) is 3.14. The number of hydrogen-bond acceptors (Lipinski definition) is 5. The van der Waals surface area contributed by atoms with E-state index in [4.69, 9.17) is 21.1 Å². The van der Waals surface area contributed by atoms with Crippen molar-refractivity contribution in [3.05, 3.63) is 88.9 Å². The molecule has 0 heterocycles. The number of benzene rings is 3. The summed E-state index contributed by atoms with van der Waals surface area (Å²) in [5.41, 5.74) is 1.58. The third kappa shape index (κ3) is 6.87. The molecular formula is C24H25ClN2O5S. The number of rotatable bonds is 10. The van der Waals surface area contributed by atoms with Gasteiger partial charge in [-0.1, -0.05) is 41.9 Å². The van der Waals surface area contributed by atoms with E-state index in [2.05, 4.69) is 5.32 Å². The standard InChI is InChI=1S/C24H25ClN2O5S/c1-31-20-6-5-7-21(16-20)32-15-14-26-24(28)19-12-10-18(11-13-19)17-27(33(2,29)30)23-9-4-3-8-22(23)25/h3-13,16H,14-15,17H2,1-2H3,(H,26,28). The van der Waals surface area contributed by atoms with Gasteiger partial charge in [0.2, 0.25) is 10.0 Å². The quantitative estimate of drug-likeness (QED) is 0.434. The molecule has 7 nitrogen and oxygen atoms in total. The van der Waals surface area contributed by atoms with E-state index in [-0.39, 0.29) is 12.5 Å². The Kier molecular flexibility index (Phi) is 8.19. The molecule has 0 fully saturated rings. The summed E-state index contributed by atoms with van der Waals surface area (Å²) in [6, 6.07) is 20.7. The molecule has 0 unspecified atom stereocenters. The Bertz CT molecular complexity index is 1200. The number of amides is 1. The van der Waals surface area contributed by atoms with Gasteiger partial charge in [-0.15, -0.1) is 0 Å². The molecule has 0 aromatic heterocycles. The van der Waals surface area contributed by atoms with Crippen molar-refractivity contribution in [3.63, 3.8) is 0 Å². The van der Waals surface area contributed by atoms with E-state index in [1.165, 1.54) is 4.31 Å². The number of para-hydroxylation sites is 1.